The van der Waals surface area contributed by atoms with Crippen LogP contribution in [0.1, 0.15) is 6.92 Å². The fourth-order valence-electron chi connectivity index (χ4n) is 2.04. The fraction of sp³-hybridized carbons (Fsp3) is 0.154. The number of rotatable bonds is 4. The molecule has 0 radical (unpaired) electrons. The number of nitro groups is 1. The van der Waals surface area contributed by atoms with Crippen LogP contribution in [0.5, 0.6) is 0 Å². The molecule has 0 spiro atoms. The van der Waals surface area contributed by atoms with Gasteiger partial charge in [0, 0.05) is 24.4 Å². The topological polar surface area (TPSA) is 98.8 Å². The van der Waals surface area contributed by atoms with Gasteiger partial charge in [-0.2, -0.15) is 0 Å². The average molecular weight is 284 g/mol. The van der Waals surface area contributed by atoms with E-state index in [2.05, 4.69) is 20.3 Å². The number of anilines is 2. The molecule has 3 rings (SSSR count). The summed E-state index contributed by atoms with van der Waals surface area (Å²) in [7, 11) is 0. The minimum absolute atomic E-state index is 0.0180. The maximum absolute atomic E-state index is 10.8. The van der Waals surface area contributed by atoms with Crippen LogP contribution in [0.25, 0.3) is 11.2 Å². The van der Waals surface area contributed by atoms with Gasteiger partial charge in [-0.15, -0.1) is 0 Å². The Hall–Kier alpha value is -3.03. The van der Waals surface area contributed by atoms with Crippen LogP contribution in [-0.2, 0) is 6.54 Å². The molecule has 8 nitrogen and oxygen atoms in total. The molecule has 3 aromatic rings. The SMILES string of the molecule is CCn1cnc2c(Nc3cccc([N+](=O)[O-])c3)ncnc21. The van der Waals surface area contributed by atoms with Crippen molar-refractivity contribution in [2.75, 3.05) is 5.32 Å². The molecule has 0 fully saturated rings. The molecule has 0 aliphatic rings. The van der Waals surface area contributed by atoms with Gasteiger partial charge in [0.25, 0.3) is 5.69 Å². The minimum atomic E-state index is -0.438. The zero-order valence-corrected chi connectivity index (χ0v) is 11.2. The minimum Gasteiger partial charge on any atom is -0.338 e. The van der Waals surface area contributed by atoms with Crippen LogP contribution in [0.3, 0.4) is 0 Å². The first kappa shape index (κ1) is 13.0. The average Bonchev–Trinajstić information content (AvgIpc) is 2.92. The van der Waals surface area contributed by atoms with Crippen molar-refractivity contribution in [1.29, 1.82) is 0 Å². The van der Waals surface area contributed by atoms with Crippen LogP contribution >= 0.6 is 0 Å². The van der Waals surface area contributed by atoms with E-state index in [0.717, 1.165) is 12.2 Å². The van der Waals surface area contributed by atoms with Crippen LogP contribution in [0.2, 0.25) is 0 Å². The fourth-order valence-corrected chi connectivity index (χ4v) is 2.04. The van der Waals surface area contributed by atoms with E-state index in [1.807, 2.05) is 11.5 Å². The second-order valence-electron chi connectivity index (χ2n) is 4.36. The Morgan fingerprint density at radius 1 is 1.33 bits per heavy atom. The molecule has 1 aromatic carbocycles. The predicted molar refractivity (Wildman–Crippen MR) is 77.4 cm³/mol. The van der Waals surface area contributed by atoms with Crippen molar-refractivity contribution >= 4 is 28.4 Å². The Balaban J connectivity index is 2.00. The highest BCUT2D eigenvalue weighted by Crippen LogP contribution is 2.24. The van der Waals surface area contributed by atoms with Gasteiger partial charge >= 0.3 is 0 Å². The van der Waals surface area contributed by atoms with E-state index in [4.69, 9.17) is 0 Å². The van der Waals surface area contributed by atoms with E-state index in [1.165, 1.54) is 18.5 Å². The van der Waals surface area contributed by atoms with E-state index < -0.39 is 4.92 Å². The third-order valence-electron chi connectivity index (χ3n) is 3.06. The van der Waals surface area contributed by atoms with Crippen molar-refractivity contribution in [2.45, 2.75) is 13.5 Å². The number of aryl methyl sites for hydroxylation is 1. The van der Waals surface area contributed by atoms with Crippen molar-refractivity contribution in [3.05, 3.63) is 47.0 Å². The maximum Gasteiger partial charge on any atom is 0.271 e. The van der Waals surface area contributed by atoms with Crippen molar-refractivity contribution in [3.63, 3.8) is 0 Å². The number of nitro benzene ring substituents is 1. The van der Waals surface area contributed by atoms with Gasteiger partial charge in [0.1, 0.15) is 6.33 Å². The third kappa shape index (κ3) is 2.38. The Kier molecular flexibility index (Phi) is 3.19. The highest BCUT2D eigenvalue weighted by molar-refractivity contribution is 5.85. The summed E-state index contributed by atoms with van der Waals surface area (Å²) in [5, 5.41) is 13.8. The van der Waals surface area contributed by atoms with Gasteiger partial charge in [0.05, 0.1) is 11.3 Å². The molecule has 0 amide bonds. The molecule has 2 aromatic heterocycles. The van der Waals surface area contributed by atoms with Crippen LogP contribution < -0.4 is 5.32 Å². The Bertz CT molecular complexity index is 813. The van der Waals surface area contributed by atoms with Crippen molar-refractivity contribution < 1.29 is 4.92 Å². The van der Waals surface area contributed by atoms with Crippen LogP contribution in [-0.4, -0.2) is 24.4 Å². The summed E-state index contributed by atoms with van der Waals surface area (Å²) < 4.78 is 1.90. The predicted octanol–water partition coefficient (Wildman–Crippen LogP) is 2.50. The standard InChI is InChI=1S/C13H12N6O2/c1-2-18-8-16-11-12(14-7-15-13(11)18)17-9-4-3-5-10(6-9)19(20)21/h3-8H,2H2,1H3,(H,14,15,17). The molecule has 0 saturated heterocycles. The summed E-state index contributed by atoms with van der Waals surface area (Å²) >= 11 is 0. The smallest absolute Gasteiger partial charge is 0.271 e. The van der Waals surface area contributed by atoms with Crippen LogP contribution in [0.15, 0.2) is 36.9 Å². The lowest BCUT2D eigenvalue weighted by molar-refractivity contribution is -0.384. The van der Waals surface area contributed by atoms with Gasteiger partial charge in [-0.1, -0.05) is 6.07 Å². The summed E-state index contributed by atoms with van der Waals surface area (Å²) in [6.45, 7) is 2.75. The molecule has 0 unspecified atom stereocenters. The first-order valence-corrected chi connectivity index (χ1v) is 6.36. The molecule has 2 heterocycles. The van der Waals surface area contributed by atoms with E-state index in [1.54, 1.807) is 18.5 Å². The molecule has 1 N–H and O–H groups in total. The highest BCUT2D eigenvalue weighted by Gasteiger charge is 2.11. The highest BCUT2D eigenvalue weighted by atomic mass is 16.6. The van der Waals surface area contributed by atoms with Gasteiger partial charge in [-0.3, -0.25) is 10.1 Å². The third-order valence-corrected chi connectivity index (χ3v) is 3.06. The monoisotopic (exact) mass is 284 g/mol. The quantitative estimate of drug-likeness (QED) is 0.583. The van der Waals surface area contributed by atoms with Crippen LogP contribution in [0.4, 0.5) is 17.2 Å². The summed E-state index contributed by atoms with van der Waals surface area (Å²) in [6, 6.07) is 6.23. The molecule has 0 aliphatic heterocycles. The normalized spacial score (nSPS) is 10.7. The molecular formula is C13H12N6O2. The number of imidazole rings is 1. The van der Waals surface area contributed by atoms with Crippen LogP contribution in [0, 0.1) is 10.1 Å². The number of nitrogens with zero attached hydrogens (tertiary/aromatic N) is 5. The van der Waals surface area contributed by atoms with E-state index in [-0.39, 0.29) is 5.69 Å². The molecular weight excluding hydrogens is 272 g/mol. The molecule has 0 aliphatic carbocycles. The Labute approximate surface area is 119 Å². The Morgan fingerprint density at radius 2 is 2.19 bits per heavy atom. The van der Waals surface area contributed by atoms with Crippen molar-refractivity contribution in [2.24, 2.45) is 0 Å². The molecule has 0 saturated carbocycles. The van der Waals surface area contributed by atoms with Gasteiger partial charge in [-0.25, -0.2) is 15.0 Å². The number of benzene rings is 1. The lowest BCUT2D eigenvalue weighted by Gasteiger charge is -2.06. The summed E-state index contributed by atoms with van der Waals surface area (Å²) in [4.78, 5) is 23.0. The van der Waals surface area contributed by atoms with Crippen molar-refractivity contribution in [3.8, 4) is 0 Å². The second kappa shape index (κ2) is 5.16. The number of fused-ring (bicyclic) bond motifs is 1. The maximum atomic E-state index is 10.8. The number of nitrogens with one attached hydrogen (secondary N) is 1. The molecule has 21 heavy (non-hydrogen) atoms. The van der Waals surface area contributed by atoms with E-state index >= 15 is 0 Å². The molecule has 106 valence electrons. The Morgan fingerprint density at radius 3 is 2.95 bits per heavy atom. The molecule has 0 bridgehead atoms. The lowest BCUT2D eigenvalue weighted by atomic mass is 10.3. The number of hydrogen-bond acceptors (Lipinski definition) is 6. The zero-order chi connectivity index (χ0) is 14.8. The van der Waals surface area contributed by atoms with E-state index in [0.29, 0.717) is 17.0 Å². The van der Waals surface area contributed by atoms with Gasteiger partial charge in [0.15, 0.2) is 17.0 Å². The lowest BCUT2D eigenvalue weighted by Crippen LogP contribution is -1.98. The number of non-ortho nitro benzene ring substituents is 1. The summed E-state index contributed by atoms with van der Waals surface area (Å²) in [6.07, 6.45) is 3.13. The van der Waals surface area contributed by atoms with Crippen molar-refractivity contribution in [1.82, 2.24) is 19.5 Å². The second-order valence-corrected chi connectivity index (χ2v) is 4.36. The largest absolute Gasteiger partial charge is 0.338 e. The summed E-state index contributed by atoms with van der Waals surface area (Å²) in [5.74, 6) is 0.521. The molecule has 8 heteroatoms. The van der Waals surface area contributed by atoms with Gasteiger partial charge < -0.3 is 9.88 Å². The summed E-state index contributed by atoms with van der Waals surface area (Å²) in [5.41, 5.74) is 1.95. The molecule has 0 atom stereocenters. The van der Waals surface area contributed by atoms with Gasteiger partial charge in [0.2, 0.25) is 0 Å². The number of aromatic nitrogens is 4. The first-order valence-electron chi connectivity index (χ1n) is 6.36. The van der Waals surface area contributed by atoms with Gasteiger partial charge in [-0.05, 0) is 13.0 Å². The first-order chi connectivity index (χ1) is 10.2. The van der Waals surface area contributed by atoms with E-state index in [9.17, 15) is 10.1 Å². The zero-order valence-electron chi connectivity index (χ0n) is 11.2. The number of hydrogen-bond donors (Lipinski definition) is 1.